The maximum absolute atomic E-state index is 4.32. The summed E-state index contributed by atoms with van der Waals surface area (Å²) in [4.78, 5) is 0. The smallest absolute Gasteiger partial charge is 0.182 e. The van der Waals surface area contributed by atoms with E-state index >= 15 is 0 Å². The lowest BCUT2D eigenvalue weighted by Crippen LogP contribution is -2.26. The van der Waals surface area contributed by atoms with Crippen LogP contribution < -0.4 is 4.68 Å². The van der Waals surface area contributed by atoms with E-state index in [-0.39, 0.29) is 0 Å². The molecule has 0 aliphatic carbocycles. The van der Waals surface area contributed by atoms with Gasteiger partial charge in [0.25, 0.3) is 0 Å². The molecular formula is C15H12N4. The summed E-state index contributed by atoms with van der Waals surface area (Å²) >= 11 is 0. The summed E-state index contributed by atoms with van der Waals surface area (Å²) in [5.41, 5.74) is 6.21. The number of hydrogen-bond donors (Lipinski definition) is 0. The van der Waals surface area contributed by atoms with Gasteiger partial charge in [-0.15, -0.1) is 0 Å². The van der Waals surface area contributed by atoms with Crippen molar-refractivity contribution in [3.05, 3.63) is 78.5 Å². The fourth-order valence-corrected chi connectivity index (χ4v) is 1.72. The van der Waals surface area contributed by atoms with Gasteiger partial charge in [-0.1, -0.05) is 42.5 Å². The molecule has 0 saturated heterocycles. The molecule has 92 valence electrons. The Hall–Kier alpha value is -2.75. The van der Waals surface area contributed by atoms with Gasteiger partial charge in [0.2, 0.25) is 0 Å². The largest absolute Gasteiger partial charge is 0.348 e. The van der Waals surface area contributed by atoms with Crippen LogP contribution in [-0.4, -0.2) is 10.2 Å². The van der Waals surface area contributed by atoms with E-state index in [4.69, 9.17) is 0 Å². The standard InChI is InChI=1S/C15H12N4/c1-3-7-13(8-4-1)14-9-10-15(17-16-14)18-19-11-5-2-6-12-19/h1-12H. The second-order valence-electron chi connectivity index (χ2n) is 4.00. The van der Waals surface area contributed by atoms with Gasteiger partial charge in [-0.25, -0.2) is 0 Å². The minimum absolute atomic E-state index is 0.580. The molecule has 0 spiro atoms. The molecule has 4 heteroatoms. The highest BCUT2D eigenvalue weighted by atomic mass is 15.4. The average Bonchev–Trinajstić information content (AvgIpc) is 2.50. The second kappa shape index (κ2) is 5.27. The molecule has 19 heavy (non-hydrogen) atoms. The lowest BCUT2D eigenvalue weighted by atomic mass is 10.1. The summed E-state index contributed by atoms with van der Waals surface area (Å²) in [6.45, 7) is 0. The zero-order valence-corrected chi connectivity index (χ0v) is 10.2. The van der Waals surface area contributed by atoms with Crippen molar-refractivity contribution in [3.8, 4) is 11.3 Å². The SMILES string of the molecule is c1ccc(-c2ccc([N-][n+]3ccccc3)nn2)cc1. The molecule has 0 radical (unpaired) electrons. The quantitative estimate of drug-likeness (QED) is 0.669. The van der Waals surface area contributed by atoms with Crippen molar-refractivity contribution in [2.45, 2.75) is 0 Å². The highest BCUT2D eigenvalue weighted by Gasteiger charge is 1.97. The van der Waals surface area contributed by atoms with Crippen LogP contribution in [0.1, 0.15) is 0 Å². The molecule has 0 atom stereocenters. The predicted molar refractivity (Wildman–Crippen MR) is 72.5 cm³/mol. The van der Waals surface area contributed by atoms with Crippen LogP contribution in [0.25, 0.3) is 16.7 Å². The number of nitrogens with zero attached hydrogens (tertiary/aromatic N) is 4. The van der Waals surface area contributed by atoms with Gasteiger partial charge >= 0.3 is 0 Å². The van der Waals surface area contributed by atoms with E-state index in [0.717, 1.165) is 11.3 Å². The minimum Gasteiger partial charge on any atom is -0.348 e. The molecule has 3 aromatic rings. The molecule has 0 aliphatic rings. The molecule has 0 fully saturated rings. The Balaban J connectivity index is 1.80. The topological polar surface area (TPSA) is 43.8 Å². The van der Waals surface area contributed by atoms with Crippen LogP contribution in [0.4, 0.5) is 5.82 Å². The van der Waals surface area contributed by atoms with E-state index in [1.807, 2.05) is 73.1 Å². The van der Waals surface area contributed by atoms with E-state index in [1.165, 1.54) is 0 Å². The van der Waals surface area contributed by atoms with E-state index in [9.17, 15) is 0 Å². The van der Waals surface area contributed by atoms with Crippen molar-refractivity contribution in [3.63, 3.8) is 0 Å². The van der Waals surface area contributed by atoms with Crippen LogP contribution in [0.2, 0.25) is 0 Å². The summed E-state index contributed by atoms with van der Waals surface area (Å²) in [6, 6.07) is 19.5. The predicted octanol–water partition coefficient (Wildman–Crippen LogP) is 2.90. The molecule has 2 aromatic heterocycles. The third-order valence-corrected chi connectivity index (χ3v) is 2.64. The monoisotopic (exact) mass is 248 g/mol. The molecule has 1 aromatic carbocycles. The van der Waals surface area contributed by atoms with Crippen molar-refractivity contribution in [2.24, 2.45) is 0 Å². The Kier molecular flexibility index (Phi) is 3.14. The number of benzene rings is 1. The number of hydrogen-bond acceptors (Lipinski definition) is 2. The van der Waals surface area contributed by atoms with Gasteiger partial charge < -0.3 is 5.10 Å². The van der Waals surface area contributed by atoms with Gasteiger partial charge in [-0.2, -0.15) is 10.1 Å². The van der Waals surface area contributed by atoms with E-state index in [0.29, 0.717) is 5.82 Å². The Morgan fingerprint density at radius 3 is 2.16 bits per heavy atom. The van der Waals surface area contributed by atoms with Gasteiger partial charge in [-0.3, -0.25) is 5.10 Å². The fourth-order valence-electron chi connectivity index (χ4n) is 1.72. The second-order valence-corrected chi connectivity index (χ2v) is 4.00. The summed E-state index contributed by atoms with van der Waals surface area (Å²) in [6.07, 6.45) is 3.71. The van der Waals surface area contributed by atoms with Crippen LogP contribution in [0, 0.1) is 0 Å². The normalized spacial score (nSPS) is 10.1. The first-order chi connectivity index (χ1) is 9.42. The van der Waals surface area contributed by atoms with Gasteiger partial charge in [0.15, 0.2) is 12.4 Å². The highest BCUT2D eigenvalue weighted by Crippen LogP contribution is 2.18. The average molecular weight is 248 g/mol. The van der Waals surface area contributed by atoms with Crippen molar-refractivity contribution in [1.29, 1.82) is 0 Å². The zero-order valence-electron chi connectivity index (χ0n) is 10.2. The van der Waals surface area contributed by atoms with E-state index in [2.05, 4.69) is 15.6 Å². The van der Waals surface area contributed by atoms with Gasteiger partial charge in [-0.05, 0) is 6.07 Å². The highest BCUT2D eigenvalue weighted by molar-refractivity contribution is 5.59. The molecule has 0 aliphatic heterocycles. The molecule has 0 unspecified atom stereocenters. The Morgan fingerprint density at radius 1 is 0.737 bits per heavy atom. The first-order valence-corrected chi connectivity index (χ1v) is 5.99. The molecule has 4 nitrogen and oxygen atoms in total. The van der Waals surface area contributed by atoms with Crippen molar-refractivity contribution >= 4 is 5.82 Å². The van der Waals surface area contributed by atoms with Crippen LogP contribution >= 0.6 is 0 Å². The van der Waals surface area contributed by atoms with Gasteiger partial charge in [0, 0.05) is 23.5 Å². The number of rotatable bonds is 3. The summed E-state index contributed by atoms with van der Waals surface area (Å²) in [5, 5.41) is 8.30. The molecule has 2 heterocycles. The number of pyridine rings is 1. The lowest BCUT2D eigenvalue weighted by Gasteiger charge is -2.08. The zero-order chi connectivity index (χ0) is 12.9. The lowest BCUT2D eigenvalue weighted by molar-refractivity contribution is -0.619. The molecule has 0 amide bonds. The van der Waals surface area contributed by atoms with E-state index in [1.54, 1.807) is 4.68 Å². The molecule has 0 saturated carbocycles. The summed E-state index contributed by atoms with van der Waals surface area (Å²) in [5.74, 6) is 0.580. The van der Waals surface area contributed by atoms with Crippen molar-refractivity contribution in [2.75, 3.05) is 0 Å². The Labute approximate surface area is 111 Å². The van der Waals surface area contributed by atoms with E-state index < -0.39 is 0 Å². The summed E-state index contributed by atoms with van der Waals surface area (Å²) < 4.78 is 1.70. The van der Waals surface area contributed by atoms with Crippen LogP contribution in [0.3, 0.4) is 0 Å². The fraction of sp³-hybridized carbons (Fsp3) is 0. The van der Waals surface area contributed by atoms with Crippen molar-refractivity contribution in [1.82, 2.24) is 10.2 Å². The molecule has 3 rings (SSSR count). The summed E-state index contributed by atoms with van der Waals surface area (Å²) in [7, 11) is 0. The molecular weight excluding hydrogens is 236 g/mol. The third-order valence-electron chi connectivity index (χ3n) is 2.64. The maximum Gasteiger partial charge on any atom is 0.182 e. The van der Waals surface area contributed by atoms with Crippen LogP contribution in [-0.2, 0) is 0 Å². The first kappa shape index (κ1) is 11.3. The van der Waals surface area contributed by atoms with Gasteiger partial charge in [0.05, 0.1) is 5.69 Å². The third kappa shape index (κ3) is 2.74. The van der Waals surface area contributed by atoms with Gasteiger partial charge in [0.1, 0.15) is 0 Å². The minimum atomic E-state index is 0.580. The molecule has 0 bridgehead atoms. The maximum atomic E-state index is 4.32. The first-order valence-electron chi connectivity index (χ1n) is 5.99. The van der Waals surface area contributed by atoms with Crippen LogP contribution in [0.5, 0.6) is 0 Å². The molecule has 0 N–H and O–H groups in total. The Morgan fingerprint density at radius 2 is 1.47 bits per heavy atom. The Bertz CT molecular complexity index is 636. The van der Waals surface area contributed by atoms with Crippen LogP contribution in [0.15, 0.2) is 73.1 Å². The number of aromatic nitrogens is 3. The van der Waals surface area contributed by atoms with Crippen molar-refractivity contribution < 1.29 is 4.68 Å².